The van der Waals surface area contributed by atoms with Crippen LogP contribution < -0.4 is 0 Å². The minimum atomic E-state index is 0.386. The molecule has 3 aromatic heterocycles. The molecular formula is C19H22N4O2. The van der Waals surface area contributed by atoms with E-state index in [2.05, 4.69) is 25.7 Å². The van der Waals surface area contributed by atoms with Crippen LogP contribution in [0.15, 0.2) is 59.7 Å². The number of hydrogen-bond donors (Lipinski definition) is 0. The van der Waals surface area contributed by atoms with Gasteiger partial charge in [-0.1, -0.05) is 6.07 Å². The van der Waals surface area contributed by atoms with Gasteiger partial charge in [-0.05, 0) is 24.3 Å². The highest BCUT2D eigenvalue weighted by molar-refractivity contribution is 5.07. The first-order chi connectivity index (χ1) is 12.4. The van der Waals surface area contributed by atoms with Gasteiger partial charge in [0.15, 0.2) is 0 Å². The summed E-state index contributed by atoms with van der Waals surface area (Å²) in [5, 5.41) is 4.47. The predicted molar refractivity (Wildman–Crippen MR) is 92.4 cm³/mol. The molecule has 1 aliphatic rings. The number of nitrogens with zero attached hydrogens (tertiary/aromatic N) is 4. The van der Waals surface area contributed by atoms with Crippen LogP contribution in [0, 0.1) is 5.92 Å². The van der Waals surface area contributed by atoms with Gasteiger partial charge in [0.25, 0.3) is 0 Å². The van der Waals surface area contributed by atoms with Crippen LogP contribution in [0.25, 0.3) is 0 Å². The average molecular weight is 338 g/mol. The van der Waals surface area contributed by atoms with E-state index in [9.17, 15) is 0 Å². The van der Waals surface area contributed by atoms with Crippen LogP contribution >= 0.6 is 0 Å². The molecule has 4 rings (SSSR count). The van der Waals surface area contributed by atoms with E-state index < -0.39 is 0 Å². The van der Waals surface area contributed by atoms with E-state index in [1.807, 2.05) is 36.7 Å². The fourth-order valence-electron chi connectivity index (χ4n) is 3.30. The van der Waals surface area contributed by atoms with E-state index in [0.29, 0.717) is 19.1 Å². The number of rotatable bonds is 6. The molecule has 25 heavy (non-hydrogen) atoms. The van der Waals surface area contributed by atoms with Crippen molar-refractivity contribution >= 4 is 0 Å². The quantitative estimate of drug-likeness (QED) is 0.692. The van der Waals surface area contributed by atoms with Crippen LogP contribution in [0.4, 0.5) is 0 Å². The van der Waals surface area contributed by atoms with Gasteiger partial charge in [0.1, 0.15) is 0 Å². The van der Waals surface area contributed by atoms with Gasteiger partial charge in [0.2, 0.25) is 0 Å². The summed E-state index contributed by atoms with van der Waals surface area (Å²) in [6.45, 7) is 4.85. The van der Waals surface area contributed by atoms with Gasteiger partial charge >= 0.3 is 0 Å². The molecular weight excluding hydrogens is 316 g/mol. The second kappa shape index (κ2) is 7.63. The van der Waals surface area contributed by atoms with Gasteiger partial charge in [-0.25, -0.2) is 0 Å². The Morgan fingerprint density at radius 1 is 1.16 bits per heavy atom. The summed E-state index contributed by atoms with van der Waals surface area (Å²) >= 11 is 0. The predicted octanol–water partition coefficient (Wildman–Crippen LogP) is 2.72. The molecule has 0 aliphatic carbocycles. The largest absolute Gasteiger partial charge is 0.472 e. The third kappa shape index (κ3) is 4.15. The first-order valence-corrected chi connectivity index (χ1v) is 8.58. The lowest BCUT2D eigenvalue weighted by molar-refractivity contribution is 0.0640. The van der Waals surface area contributed by atoms with Crippen molar-refractivity contribution in [1.29, 1.82) is 0 Å². The monoisotopic (exact) mass is 338 g/mol. The number of fused-ring (bicyclic) bond motifs is 1. The van der Waals surface area contributed by atoms with Crippen LogP contribution in [0.2, 0.25) is 0 Å². The van der Waals surface area contributed by atoms with E-state index >= 15 is 0 Å². The van der Waals surface area contributed by atoms with Crippen molar-refractivity contribution in [2.45, 2.75) is 26.2 Å². The SMILES string of the molecule is c1ccc(COC[C@H]2CN(Cc3ccoc3)Cc3ccnn3C2)nc1. The highest BCUT2D eigenvalue weighted by Gasteiger charge is 2.22. The molecule has 3 aromatic rings. The first-order valence-electron chi connectivity index (χ1n) is 8.58. The summed E-state index contributed by atoms with van der Waals surface area (Å²) < 4.78 is 13.2. The van der Waals surface area contributed by atoms with Crippen LogP contribution in [-0.4, -0.2) is 32.8 Å². The molecule has 0 N–H and O–H groups in total. The number of pyridine rings is 1. The highest BCUT2D eigenvalue weighted by Crippen LogP contribution is 2.19. The third-order valence-electron chi connectivity index (χ3n) is 4.45. The van der Waals surface area contributed by atoms with Gasteiger partial charge in [0, 0.05) is 50.1 Å². The van der Waals surface area contributed by atoms with Crippen molar-refractivity contribution in [3.63, 3.8) is 0 Å². The molecule has 1 aliphatic heterocycles. The summed E-state index contributed by atoms with van der Waals surface area (Å²) in [5.41, 5.74) is 3.41. The molecule has 4 heterocycles. The van der Waals surface area contributed by atoms with E-state index in [0.717, 1.165) is 31.9 Å². The third-order valence-corrected chi connectivity index (χ3v) is 4.45. The Hall–Kier alpha value is -2.44. The Bertz CT molecular complexity index is 770. The van der Waals surface area contributed by atoms with Crippen molar-refractivity contribution in [1.82, 2.24) is 19.7 Å². The lowest BCUT2D eigenvalue weighted by Crippen LogP contribution is -2.30. The maximum absolute atomic E-state index is 5.94. The highest BCUT2D eigenvalue weighted by atomic mass is 16.5. The molecule has 0 fully saturated rings. The van der Waals surface area contributed by atoms with Crippen molar-refractivity contribution in [3.05, 3.63) is 72.2 Å². The summed E-state index contributed by atoms with van der Waals surface area (Å²) in [5.74, 6) is 0.386. The molecule has 0 aromatic carbocycles. The molecule has 0 saturated carbocycles. The molecule has 130 valence electrons. The second-order valence-corrected chi connectivity index (χ2v) is 6.51. The molecule has 6 heteroatoms. The molecule has 0 unspecified atom stereocenters. The topological polar surface area (TPSA) is 56.3 Å². The second-order valence-electron chi connectivity index (χ2n) is 6.51. The maximum Gasteiger partial charge on any atom is 0.0947 e. The fraction of sp³-hybridized carbons (Fsp3) is 0.368. The molecule has 0 amide bonds. The maximum atomic E-state index is 5.94. The minimum Gasteiger partial charge on any atom is -0.472 e. The van der Waals surface area contributed by atoms with Gasteiger partial charge in [-0.2, -0.15) is 5.10 Å². The van der Waals surface area contributed by atoms with Gasteiger partial charge < -0.3 is 9.15 Å². The van der Waals surface area contributed by atoms with Crippen LogP contribution in [0.3, 0.4) is 0 Å². The van der Waals surface area contributed by atoms with Gasteiger partial charge in [0.05, 0.1) is 37.1 Å². The first kappa shape index (κ1) is 16.1. The summed E-state index contributed by atoms with van der Waals surface area (Å²) in [6.07, 6.45) is 7.22. The molecule has 0 bridgehead atoms. The number of hydrogen-bond acceptors (Lipinski definition) is 5. The van der Waals surface area contributed by atoms with Gasteiger partial charge in [-0.15, -0.1) is 0 Å². The van der Waals surface area contributed by atoms with E-state index in [4.69, 9.17) is 9.15 Å². The van der Waals surface area contributed by atoms with Crippen molar-refractivity contribution < 1.29 is 9.15 Å². The van der Waals surface area contributed by atoms with E-state index in [-0.39, 0.29) is 0 Å². The number of ether oxygens (including phenoxy) is 1. The lowest BCUT2D eigenvalue weighted by Gasteiger charge is -2.23. The van der Waals surface area contributed by atoms with Crippen LogP contribution in [0.5, 0.6) is 0 Å². The average Bonchev–Trinajstić information content (AvgIpc) is 3.25. The summed E-state index contributed by atoms with van der Waals surface area (Å²) in [4.78, 5) is 6.74. The standard InChI is InChI=1S/C19H22N4O2/c1-2-6-20-18(3-1)15-25-14-17-10-22(9-16-5-8-24-13-16)12-19-4-7-21-23(19)11-17/h1-8,13,17H,9-12,14-15H2/t17-/m0/s1. The Balaban J connectivity index is 1.40. The number of furan rings is 1. The summed E-state index contributed by atoms with van der Waals surface area (Å²) in [6, 6.07) is 10.0. The van der Waals surface area contributed by atoms with E-state index in [1.54, 1.807) is 12.5 Å². The minimum absolute atomic E-state index is 0.386. The summed E-state index contributed by atoms with van der Waals surface area (Å²) in [7, 11) is 0. The van der Waals surface area contributed by atoms with Crippen LogP contribution in [-0.2, 0) is 31.0 Å². The smallest absolute Gasteiger partial charge is 0.0947 e. The van der Waals surface area contributed by atoms with Crippen molar-refractivity contribution in [2.24, 2.45) is 5.92 Å². The van der Waals surface area contributed by atoms with E-state index in [1.165, 1.54) is 11.3 Å². The fourth-order valence-corrected chi connectivity index (χ4v) is 3.30. The number of aromatic nitrogens is 3. The normalized spacial score (nSPS) is 18.0. The van der Waals surface area contributed by atoms with Crippen molar-refractivity contribution in [2.75, 3.05) is 13.2 Å². The Labute approximate surface area is 147 Å². The molecule has 6 nitrogen and oxygen atoms in total. The molecule has 0 saturated heterocycles. The lowest BCUT2D eigenvalue weighted by atomic mass is 10.1. The van der Waals surface area contributed by atoms with Gasteiger partial charge in [-0.3, -0.25) is 14.6 Å². The Morgan fingerprint density at radius 2 is 2.16 bits per heavy atom. The Kier molecular flexibility index (Phi) is 4.90. The Morgan fingerprint density at radius 3 is 3.00 bits per heavy atom. The zero-order valence-corrected chi connectivity index (χ0v) is 14.1. The van der Waals surface area contributed by atoms with Crippen molar-refractivity contribution in [3.8, 4) is 0 Å². The molecule has 1 atom stereocenters. The zero-order valence-electron chi connectivity index (χ0n) is 14.1. The zero-order chi connectivity index (χ0) is 16.9. The van der Waals surface area contributed by atoms with Crippen LogP contribution in [0.1, 0.15) is 17.0 Å². The molecule has 0 radical (unpaired) electrons. The molecule has 0 spiro atoms.